The first-order chi connectivity index (χ1) is 8.97. The standard InChI is InChI=1S/C13H22N2O3S/c1-11-10-12(14)6-7-13(11)19(17,18)15-8-4-2-3-5-9-16/h6-7,10,15-16H,2-5,8-9,14H2,1H3. The van der Waals surface area contributed by atoms with E-state index >= 15 is 0 Å². The lowest BCUT2D eigenvalue weighted by Gasteiger charge is -2.09. The molecule has 0 spiro atoms. The van der Waals surface area contributed by atoms with Gasteiger partial charge in [-0.25, -0.2) is 13.1 Å². The Morgan fingerprint density at radius 1 is 1.21 bits per heavy atom. The van der Waals surface area contributed by atoms with Crippen molar-refractivity contribution in [3.8, 4) is 0 Å². The van der Waals surface area contributed by atoms with Crippen LogP contribution in [0, 0.1) is 6.92 Å². The number of aliphatic hydroxyl groups excluding tert-OH is 1. The molecule has 0 saturated heterocycles. The molecule has 0 aromatic heterocycles. The molecule has 1 rings (SSSR count). The van der Waals surface area contributed by atoms with Gasteiger partial charge < -0.3 is 10.8 Å². The van der Waals surface area contributed by atoms with Gasteiger partial charge in [0, 0.05) is 18.8 Å². The Balaban J connectivity index is 2.52. The largest absolute Gasteiger partial charge is 0.399 e. The molecular formula is C13H22N2O3S. The number of nitrogen functional groups attached to an aromatic ring is 1. The maximum atomic E-state index is 12.1. The molecule has 0 amide bonds. The fourth-order valence-electron chi connectivity index (χ4n) is 1.85. The second-order valence-corrected chi connectivity index (χ2v) is 6.30. The SMILES string of the molecule is Cc1cc(N)ccc1S(=O)(=O)NCCCCCCO. The molecule has 0 fully saturated rings. The van der Waals surface area contributed by atoms with Crippen molar-refractivity contribution in [1.29, 1.82) is 0 Å². The highest BCUT2D eigenvalue weighted by atomic mass is 32.2. The highest BCUT2D eigenvalue weighted by Crippen LogP contribution is 2.17. The Morgan fingerprint density at radius 2 is 1.89 bits per heavy atom. The second kappa shape index (κ2) is 7.47. The predicted molar refractivity (Wildman–Crippen MR) is 76.3 cm³/mol. The number of hydrogen-bond acceptors (Lipinski definition) is 4. The van der Waals surface area contributed by atoms with E-state index in [1.54, 1.807) is 19.1 Å². The highest BCUT2D eigenvalue weighted by molar-refractivity contribution is 7.89. The average molecular weight is 286 g/mol. The fourth-order valence-corrected chi connectivity index (χ4v) is 3.15. The van der Waals surface area contributed by atoms with Crippen LogP contribution < -0.4 is 10.5 Å². The van der Waals surface area contributed by atoms with E-state index in [1.165, 1.54) is 6.07 Å². The van der Waals surface area contributed by atoms with E-state index in [0.29, 0.717) is 17.8 Å². The minimum atomic E-state index is -3.46. The highest BCUT2D eigenvalue weighted by Gasteiger charge is 2.15. The van der Waals surface area contributed by atoms with Gasteiger partial charge in [-0.1, -0.05) is 12.8 Å². The number of hydrogen-bond donors (Lipinski definition) is 3. The lowest BCUT2D eigenvalue weighted by molar-refractivity contribution is 0.282. The number of nitrogens with two attached hydrogens (primary N) is 1. The summed E-state index contributed by atoms with van der Waals surface area (Å²) in [5, 5.41) is 8.63. The molecule has 0 heterocycles. The molecule has 0 aliphatic rings. The van der Waals surface area contributed by atoms with Crippen LogP contribution >= 0.6 is 0 Å². The molecule has 108 valence electrons. The van der Waals surface area contributed by atoms with Gasteiger partial charge in [-0.05, 0) is 43.5 Å². The minimum absolute atomic E-state index is 0.191. The Hall–Kier alpha value is -1.11. The monoisotopic (exact) mass is 286 g/mol. The molecule has 0 atom stereocenters. The summed E-state index contributed by atoms with van der Waals surface area (Å²) in [4.78, 5) is 0.275. The van der Waals surface area contributed by atoms with Crippen LogP contribution in [0.4, 0.5) is 5.69 Å². The molecule has 0 aliphatic carbocycles. The van der Waals surface area contributed by atoms with Crippen molar-refractivity contribution in [3.63, 3.8) is 0 Å². The van der Waals surface area contributed by atoms with E-state index in [2.05, 4.69) is 4.72 Å². The Bertz CT molecular complexity index is 501. The molecule has 1 aromatic carbocycles. The molecule has 6 heteroatoms. The first-order valence-corrected chi connectivity index (χ1v) is 7.92. The second-order valence-electron chi connectivity index (χ2n) is 4.56. The van der Waals surface area contributed by atoms with Crippen LogP contribution in [0.15, 0.2) is 23.1 Å². The molecule has 0 saturated carbocycles. The Kier molecular flexibility index (Phi) is 6.27. The average Bonchev–Trinajstić information content (AvgIpc) is 2.33. The molecule has 1 aromatic rings. The van der Waals surface area contributed by atoms with Crippen LogP contribution in [0.25, 0.3) is 0 Å². The number of unbranched alkanes of at least 4 members (excludes halogenated alkanes) is 3. The van der Waals surface area contributed by atoms with Crippen LogP contribution in [0.1, 0.15) is 31.2 Å². The number of aryl methyl sites for hydroxylation is 1. The maximum Gasteiger partial charge on any atom is 0.240 e. The zero-order valence-corrected chi connectivity index (χ0v) is 12.0. The summed E-state index contributed by atoms with van der Waals surface area (Å²) in [6, 6.07) is 4.76. The minimum Gasteiger partial charge on any atom is -0.399 e. The molecular weight excluding hydrogens is 264 g/mol. The van der Waals surface area contributed by atoms with Gasteiger partial charge in [-0.3, -0.25) is 0 Å². The van der Waals surface area contributed by atoms with Crippen molar-refractivity contribution in [3.05, 3.63) is 23.8 Å². The third-order valence-electron chi connectivity index (χ3n) is 2.87. The van der Waals surface area contributed by atoms with Gasteiger partial charge in [0.1, 0.15) is 0 Å². The molecule has 0 bridgehead atoms. The summed E-state index contributed by atoms with van der Waals surface area (Å²) in [6.45, 7) is 2.33. The van der Waals surface area contributed by atoms with Gasteiger partial charge in [0.25, 0.3) is 0 Å². The summed E-state index contributed by atoms with van der Waals surface area (Å²) in [5.41, 5.74) is 6.81. The summed E-state index contributed by atoms with van der Waals surface area (Å²) >= 11 is 0. The zero-order chi connectivity index (χ0) is 14.3. The first-order valence-electron chi connectivity index (χ1n) is 6.44. The van der Waals surface area contributed by atoms with Crippen LogP contribution in [-0.2, 0) is 10.0 Å². The topological polar surface area (TPSA) is 92.4 Å². The maximum absolute atomic E-state index is 12.1. The molecule has 0 radical (unpaired) electrons. The quantitative estimate of drug-likeness (QED) is 0.497. The van der Waals surface area contributed by atoms with Gasteiger partial charge >= 0.3 is 0 Å². The van der Waals surface area contributed by atoms with Crippen molar-refractivity contribution >= 4 is 15.7 Å². The van der Waals surface area contributed by atoms with E-state index < -0.39 is 10.0 Å². The number of anilines is 1. The number of rotatable bonds is 8. The lowest BCUT2D eigenvalue weighted by Crippen LogP contribution is -2.25. The van der Waals surface area contributed by atoms with E-state index in [0.717, 1.165) is 25.7 Å². The Labute approximate surface area is 114 Å². The number of sulfonamides is 1. The van der Waals surface area contributed by atoms with E-state index in [1.807, 2.05) is 0 Å². The van der Waals surface area contributed by atoms with Gasteiger partial charge in [-0.15, -0.1) is 0 Å². The van der Waals surface area contributed by atoms with Crippen molar-refractivity contribution in [1.82, 2.24) is 4.72 Å². The first kappa shape index (κ1) is 15.9. The summed E-state index contributed by atoms with van der Waals surface area (Å²) in [6.07, 6.45) is 3.36. The third-order valence-corrected chi connectivity index (χ3v) is 4.49. The van der Waals surface area contributed by atoms with Crippen LogP contribution in [0.3, 0.4) is 0 Å². The molecule has 4 N–H and O–H groups in total. The van der Waals surface area contributed by atoms with E-state index in [9.17, 15) is 8.42 Å². The Morgan fingerprint density at radius 3 is 2.53 bits per heavy atom. The van der Waals surface area contributed by atoms with Crippen LogP contribution in [0.2, 0.25) is 0 Å². The van der Waals surface area contributed by atoms with E-state index in [-0.39, 0.29) is 11.5 Å². The van der Waals surface area contributed by atoms with Gasteiger partial charge in [-0.2, -0.15) is 0 Å². The summed E-state index contributed by atoms with van der Waals surface area (Å²) in [7, 11) is -3.46. The van der Waals surface area contributed by atoms with E-state index in [4.69, 9.17) is 10.8 Å². The molecule has 5 nitrogen and oxygen atoms in total. The molecule has 19 heavy (non-hydrogen) atoms. The van der Waals surface area contributed by atoms with Crippen molar-refractivity contribution < 1.29 is 13.5 Å². The summed E-state index contributed by atoms with van der Waals surface area (Å²) < 4.78 is 26.7. The van der Waals surface area contributed by atoms with Gasteiger partial charge in [0.2, 0.25) is 10.0 Å². The number of nitrogens with one attached hydrogen (secondary N) is 1. The predicted octanol–water partition coefficient (Wildman–Crippen LogP) is 1.41. The van der Waals surface area contributed by atoms with Gasteiger partial charge in [0.15, 0.2) is 0 Å². The summed E-state index contributed by atoms with van der Waals surface area (Å²) in [5.74, 6) is 0. The zero-order valence-electron chi connectivity index (χ0n) is 11.2. The smallest absolute Gasteiger partial charge is 0.240 e. The van der Waals surface area contributed by atoms with Crippen molar-refractivity contribution in [2.24, 2.45) is 0 Å². The number of benzene rings is 1. The molecule has 0 aliphatic heterocycles. The lowest BCUT2D eigenvalue weighted by atomic mass is 10.2. The fraction of sp³-hybridized carbons (Fsp3) is 0.538. The van der Waals surface area contributed by atoms with Gasteiger partial charge in [0.05, 0.1) is 4.90 Å². The van der Waals surface area contributed by atoms with Crippen molar-refractivity contribution in [2.45, 2.75) is 37.5 Å². The normalized spacial score (nSPS) is 11.7. The molecule has 0 unspecified atom stereocenters. The van der Waals surface area contributed by atoms with Crippen molar-refractivity contribution in [2.75, 3.05) is 18.9 Å². The van der Waals surface area contributed by atoms with Crippen LogP contribution in [-0.4, -0.2) is 26.7 Å². The third kappa shape index (κ3) is 5.18. The van der Waals surface area contributed by atoms with Crippen LogP contribution in [0.5, 0.6) is 0 Å². The number of aliphatic hydroxyl groups is 1.